The van der Waals surface area contributed by atoms with E-state index in [-0.39, 0.29) is 0 Å². The maximum atomic E-state index is 12.1. The molecule has 0 saturated carbocycles. The Morgan fingerprint density at radius 3 is 1.57 bits per heavy atom. The predicted octanol–water partition coefficient (Wildman–Crippen LogP) is -9.46. The second-order valence-corrected chi connectivity index (χ2v) is 12.7. The van der Waals surface area contributed by atoms with Crippen molar-refractivity contribution in [3.63, 3.8) is 0 Å². The Balaban J connectivity index is 1.49. The number of carbonyl (C=O) groups is 2. The minimum absolute atomic E-state index is 0.621. The average Bonchev–Trinajstić information content (AvgIpc) is 3.08. The minimum atomic E-state index is -2.01. The van der Waals surface area contributed by atoms with Gasteiger partial charge in [-0.2, -0.15) is 0 Å². The summed E-state index contributed by atoms with van der Waals surface area (Å²) in [6.07, 6.45) is -31.1. The number of aliphatic hydroxyl groups excluding tert-OH is 12. The maximum absolute atomic E-state index is 12.1. The van der Waals surface area contributed by atoms with Crippen LogP contribution in [0.4, 0.5) is 0 Å². The number of nitrogens with one attached hydrogen (secondary N) is 2. The molecule has 4 fully saturated rings. The molecule has 14 N–H and O–H groups in total. The molecule has 4 rings (SSSR count). The van der Waals surface area contributed by atoms with E-state index in [1.54, 1.807) is 0 Å². The summed E-state index contributed by atoms with van der Waals surface area (Å²) in [6.45, 7) is -1.00. The number of carbonyl (C=O) groups excluding carboxylic acids is 2. The van der Waals surface area contributed by atoms with Gasteiger partial charge in [-0.1, -0.05) is 0 Å². The number of hydrogen-bond donors (Lipinski definition) is 14. The third kappa shape index (κ3) is 9.29. The number of amides is 2. The number of hydrogen-bond acceptors (Lipinski definition) is 21. The van der Waals surface area contributed by atoms with Crippen molar-refractivity contribution in [3.05, 3.63) is 0 Å². The van der Waals surface area contributed by atoms with Gasteiger partial charge in [0, 0.05) is 13.8 Å². The smallest absolute Gasteiger partial charge is 0.217 e. The summed E-state index contributed by atoms with van der Waals surface area (Å²) >= 11 is 0. The first-order chi connectivity index (χ1) is 24.0. The first-order valence-corrected chi connectivity index (χ1v) is 16.1. The molecule has 4 heterocycles. The lowest BCUT2D eigenvalue weighted by Crippen LogP contribution is -2.69. The largest absolute Gasteiger partial charge is 0.394 e. The summed E-state index contributed by atoms with van der Waals surface area (Å²) in [4.78, 5) is 23.5. The van der Waals surface area contributed by atoms with Gasteiger partial charge < -0.3 is 105 Å². The van der Waals surface area contributed by atoms with Crippen LogP contribution in [0, 0.1) is 0 Å². The molecule has 0 radical (unpaired) electrons. The highest BCUT2D eigenvalue weighted by atomic mass is 16.8. The van der Waals surface area contributed by atoms with Gasteiger partial charge in [0.15, 0.2) is 25.2 Å². The summed E-state index contributed by atoms with van der Waals surface area (Å²) in [5.41, 5.74) is 0. The molecule has 2 amide bonds. The molecule has 51 heavy (non-hydrogen) atoms. The van der Waals surface area contributed by atoms with Crippen molar-refractivity contribution in [1.82, 2.24) is 10.6 Å². The zero-order valence-electron chi connectivity index (χ0n) is 27.4. The second kappa shape index (κ2) is 18.0. The SMILES string of the molecule is CC(=O)N[C@@H]1[C@@H](O)[C@H](O)[C@@H](CO[C@@H]2O[C@H](CO)[C@@H](O[C@@H]3O[C@H](CO)[C@H](O)[C@H](O[C@@H]4O[C@H](CO)[C@@H](O)[C@H](O)[C@H]4O)[C@H]3O)[C@H](O)[C@H]2NC(C)=O)O[C@H]1O. The van der Waals surface area contributed by atoms with E-state index in [1.807, 2.05) is 0 Å². The molecule has 0 aliphatic carbocycles. The van der Waals surface area contributed by atoms with E-state index in [2.05, 4.69) is 10.6 Å². The lowest BCUT2D eigenvalue weighted by atomic mass is 9.94. The maximum Gasteiger partial charge on any atom is 0.217 e. The van der Waals surface area contributed by atoms with Crippen molar-refractivity contribution in [2.75, 3.05) is 26.4 Å². The van der Waals surface area contributed by atoms with Crippen molar-refractivity contribution in [3.8, 4) is 0 Å². The topological polar surface area (TPSA) is 366 Å². The van der Waals surface area contributed by atoms with Crippen LogP contribution in [-0.4, -0.2) is 222 Å². The van der Waals surface area contributed by atoms with Gasteiger partial charge in [-0.3, -0.25) is 9.59 Å². The van der Waals surface area contributed by atoms with Crippen LogP contribution in [0.1, 0.15) is 13.8 Å². The van der Waals surface area contributed by atoms with Crippen molar-refractivity contribution in [1.29, 1.82) is 0 Å². The molecular weight excluding hydrogens is 700 g/mol. The van der Waals surface area contributed by atoms with E-state index in [1.165, 1.54) is 0 Å². The van der Waals surface area contributed by atoms with Gasteiger partial charge in [-0.25, -0.2) is 0 Å². The van der Waals surface area contributed by atoms with Gasteiger partial charge in [0.05, 0.1) is 26.4 Å². The van der Waals surface area contributed by atoms with E-state index in [4.69, 9.17) is 33.2 Å². The van der Waals surface area contributed by atoms with E-state index in [9.17, 15) is 70.9 Å². The van der Waals surface area contributed by atoms with Crippen LogP contribution >= 0.6 is 0 Å². The standard InChI is InChI=1S/C28H48N2O21/c1-7(34)29-13-18(39)16(37)12(46-25(13)44)6-45-26-14(30-8(2)35)19(40)23(11(5-33)49-26)50-28-22(43)24(17(38)10(4-32)48-28)51-27-21(42)20(41)15(36)9(3-31)47-27/h9-28,31-33,36-44H,3-6H2,1-2H3,(H,29,34)(H,30,35)/t9-,10-,11-,12-,13-,14-,15-,16-,17+,18-,19-,20+,21-,22-,23-,24+,25-,26-,27+,28+/m1/s1. The van der Waals surface area contributed by atoms with Crippen LogP contribution in [0.15, 0.2) is 0 Å². The normalized spacial score (nSPS) is 47.8. The van der Waals surface area contributed by atoms with E-state index >= 15 is 0 Å². The fraction of sp³-hybridized carbons (Fsp3) is 0.929. The lowest BCUT2D eigenvalue weighted by molar-refractivity contribution is -0.376. The molecule has 4 aliphatic heterocycles. The van der Waals surface area contributed by atoms with Crippen LogP contribution in [0.25, 0.3) is 0 Å². The monoisotopic (exact) mass is 748 g/mol. The molecule has 0 bridgehead atoms. The first kappa shape index (κ1) is 41.9. The van der Waals surface area contributed by atoms with E-state index in [0.29, 0.717) is 0 Å². The third-order valence-corrected chi connectivity index (χ3v) is 8.99. The predicted molar refractivity (Wildman–Crippen MR) is 157 cm³/mol. The molecule has 20 atom stereocenters. The van der Waals surface area contributed by atoms with E-state index < -0.39 is 161 Å². The highest BCUT2D eigenvalue weighted by Gasteiger charge is 2.54. The summed E-state index contributed by atoms with van der Waals surface area (Å²) in [6, 6.07) is -2.88. The Bertz CT molecular complexity index is 1140. The second-order valence-electron chi connectivity index (χ2n) is 12.7. The third-order valence-electron chi connectivity index (χ3n) is 8.99. The van der Waals surface area contributed by atoms with Gasteiger partial charge in [0.2, 0.25) is 11.8 Å². The van der Waals surface area contributed by atoms with Crippen molar-refractivity contribution < 1.29 is 104 Å². The molecule has 4 aliphatic rings. The highest BCUT2D eigenvalue weighted by Crippen LogP contribution is 2.33. The lowest BCUT2D eigenvalue weighted by Gasteiger charge is -2.49. The summed E-state index contributed by atoms with van der Waals surface area (Å²) in [5, 5.41) is 129. The molecule has 0 aromatic carbocycles. The average molecular weight is 749 g/mol. The molecular formula is C28H48N2O21. The van der Waals surface area contributed by atoms with Crippen LogP contribution in [0.2, 0.25) is 0 Å². The Hall–Kier alpha value is -1.82. The quantitative estimate of drug-likeness (QED) is 0.0881. The molecule has 0 unspecified atom stereocenters. The molecule has 0 aromatic heterocycles. The Kier molecular flexibility index (Phi) is 14.8. The van der Waals surface area contributed by atoms with Gasteiger partial charge in [-0.15, -0.1) is 0 Å². The zero-order valence-corrected chi connectivity index (χ0v) is 27.4. The molecule has 0 spiro atoms. The van der Waals surface area contributed by atoms with Gasteiger partial charge in [0.25, 0.3) is 0 Å². The number of rotatable bonds is 12. The number of ether oxygens (including phenoxy) is 7. The first-order valence-electron chi connectivity index (χ1n) is 16.1. The molecule has 23 nitrogen and oxygen atoms in total. The van der Waals surface area contributed by atoms with Crippen molar-refractivity contribution >= 4 is 11.8 Å². The Morgan fingerprint density at radius 1 is 0.510 bits per heavy atom. The zero-order chi connectivity index (χ0) is 37.9. The van der Waals surface area contributed by atoms with Gasteiger partial charge in [0.1, 0.15) is 97.5 Å². The Morgan fingerprint density at radius 2 is 1.00 bits per heavy atom. The van der Waals surface area contributed by atoms with Crippen LogP contribution in [-0.2, 0) is 42.7 Å². The molecule has 4 saturated heterocycles. The van der Waals surface area contributed by atoms with Gasteiger partial charge >= 0.3 is 0 Å². The fourth-order valence-corrected chi connectivity index (χ4v) is 6.25. The highest BCUT2D eigenvalue weighted by molar-refractivity contribution is 5.73. The van der Waals surface area contributed by atoms with Crippen molar-refractivity contribution in [2.45, 2.75) is 137 Å². The fourth-order valence-electron chi connectivity index (χ4n) is 6.25. The van der Waals surface area contributed by atoms with Crippen LogP contribution in [0.5, 0.6) is 0 Å². The van der Waals surface area contributed by atoms with Gasteiger partial charge in [-0.05, 0) is 0 Å². The van der Waals surface area contributed by atoms with E-state index in [0.717, 1.165) is 13.8 Å². The van der Waals surface area contributed by atoms with Crippen LogP contribution < -0.4 is 10.6 Å². The Labute approximate surface area is 289 Å². The molecule has 0 aromatic rings. The summed E-state index contributed by atoms with van der Waals surface area (Å²) < 4.78 is 38.8. The minimum Gasteiger partial charge on any atom is -0.394 e. The molecule has 296 valence electrons. The molecule has 23 heteroatoms. The number of aliphatic hydroxyl groups is 12. The summed E-state index contributed by atoms with van der Waals surface area (Å²) in [5.74, 6) is -1.33. The van der Waals surface area contributed by atoms with Crippen molar-refractivity contribution in [2.24, 2.45) is 0 Å². The summed E-state index contributed by atoms with van der Waals surface area (Å²) in [7, 11) is 0. The van der Waals surface area contributed by atoms with Crippen LogP contribution in [0.3, 0.4) is 0 Å².